The Morgan fingerprint density at radius 2 is 1.63 bits per heavy atom. The molecule has 5 nitrogen and oxygen atoms in total. The Labute approximate surface area is 161 Å². The van der Waals surface area contributed by atoms with Crippen LogP contribution in [0.2, 0.25) is 0 Å². The Kier molecular flexibility index (Phi) is 6.29. The fourth-order valence-electron chi connectivity index (χ4n) is 3.31. The highest BCUT2D eigenvalue weighted by molar-refractivity contribution is 7.88. The summed E-state index contributed by atoms with van der Waals surface area (Å²) >= 11 is 0. The second-order valence-electron chi connectivity index (χ2n) is 7.12. The van der Waals surface area contributed by atoms with Crippen LogP contribution >= 0.6 is 0 Å². The van der Waals surface area contributed by atoms with Gasteiger partial charge >= 0.3 is 0 Å². The van der Waals surface area contributed by atoms with E-state index in [2.05, 4.69) is 5.32 Å². The van der Waals surface area contributed by atoms with Gasteiger partial charge in [0.05, 0.1) is 5.75 Å². The molecule has 1 amide bonds. The Balaban J connectivity index is 1.49. The number of benzene rings is 2. The zero-order valence-electron chi connectivity index (χ0n) is 15.6. The molecule has 1 fully saturated rings. The molecule has 0 saturated carbocycles. The summed E-state index contributed by atoms with van der Waals surface area (Å²) in [6, 6.07) is 17.3. The second kappa shape index (κ2) is 8.67. The lowest BCUT2D eigenvalue weighted by atomic mass is 9.97. The van der Waals surface area contributed by atoms with Gasteiger partial charge in [0.1, 0.15) is 0 Å². The third-order valence-electron chi connectivity index (χ3n) is 5.00. The molecular weight excluding hydrogens is 360 g/mol. The van der Waals surface area contributed by atoms with Gasteiger partial charge in [0, 0.05) is 25.6 Å². The number of carbonyl (C=O) groups is 1. The lowest BCUT2D eigenvalue weighted by Crippen LogP contribution is -2.43. The molecule has 1 saturated heterocycles. The number of hydrogen-bond acceptors (Lipinski definition) is 3. The number of sulfonamides is 1. The van der Waals surface area contributed by atoms with Gasteiger partial charge in [-0.05, 0) is 30.9 Å². The predicted octanol–water partition coefficient (Wildman–Crippen LogP) is 2.85. The van der Waals surface area contributed by atoms with Crippen LogP contribution in [-0.2, 0) is 27.1 Å². The Hall–Kier alpha value is -2.18. The van der Waals surface area contributed by atoms with Gasteiger partial charge in [0.25, 0.3) is 0 Å². The van der Waals surface area contributed by atoms with Gasteiger partial charge in [-0.25, -0.2) is 12.7 Å². The highest BCUT2D eigenvalue weighted by Crippen LogP contribution is 2.22. The molecule has 0 unspecified atom stereocenters. The standard InChI is InChI=1S/C21H26N2O3S/c1-17-7-9-18(10-8-17)15-22-21(24)20-11-13-23(14-12-20)27(25,26)16-19-5-3-2-4-6-19/h2-10,20H,11-16H2,1H3,(H,22,24). The minimum Gasteiger partial charge on any atom is -0.352 e. The molecule has 0 atom stereocenters. The predicted molar refractivity (Wildman–Crippen MR) is 106 cm³/mol. The van der Waals surface area contributed by atoms with Gasteiger partial charge in [-0.2, -0.15) is 0 Å². The van der Waals surface area contributed by atoms with E-state index in [0.717, 1.165) is 11.1 Å². The molecule has 2 aromatic rings. The summed E-state index contributed by atoms with van der Waals surface area (Å²) in [6.45, 7) is 3.34. The van der Waals surface area contributed by atoms with Crippen molar-refractivity contribution in [3.8, 4) is 0 Å². The van der Waals surface area contributed by atoms with Crippen molar-refractivity contribution in [2.24, 2.45) is 5.92 Å². The number of rotatable bonds is 6. The molecule has 0 bridgehead atoms. The molecule has 1 aliphatic heterocycles. The van der Waals surface area contributed by atoms with E-state index in [1.54, 1.807) is 0 Å². The number of aryl methyl sites for hydroxylation is 1. The zero-order chi connectivity index (χ0) is 19.3. The van der Waals surface area contributed by atoms with E-state index in [1.165, 1.54) is 9.87 Å². The zero-order valence-corrected chi connectivity index (χ0v) is 16.4. The highest BCUT2D eigenvalue weighted by atomic mass is 32.2. The molecule has 6 heteroatoms. The van der Waals surface area contributed by atoms with E-state index in [9.17, 15) is 13.2 Å². The largest absolute Gasteiger partial charge is 0.352 e. The molecule has 0 aliphatic carbocycles. The van der Waals surface area contributed by atoms with Crippen LogP contribution in [0.5, 0.6) is 0 Å². The fourth-order valence-corrected chi connectivity index (χ4v) is 4.88. The van der Waals surface area contributed by atoms with Gasteiger partial charge in [0.2, 0.25) is 15.9 Å². The first-order chi connectivity index (χ1) is 12.9. The molecule has 0 spiro atoms. The molecule has 27 heavy (non-hydrogen) atoms. The topological polar surface area (TPSA) is 66.5 Å². The van der Waals surface area contributed by atoms with E-state index >= 15 is 0 Å². The van der Waals surface area contributed by atoms with Crippen LogP contribution in [0, 0.1) is 12.8 Å². The summed E-state index contributed by atoms with van der Waals surface area (Å²) < 4.78 is 26.7. The van der Waals surface area contributed by atoms with Crippen molar-refractivity contribution < 1.29 is 13.2 Å². The van der Waals surface area contributed by atoms with Gasteiger partial charge in [-0.1, -0.05) is 60.2 Å². The van der Waals surface area contributed by atoms with E-state index < -0.39 is 10.0 Å². The van der Waals surface area contributed by atoms with Crippen molar-refractivity contribution in [2.75, 3.05) is 13.1 Å². The SMILES string of the molecule is Cc1ccc(CNC(=O)C2CCN(S(=O)(=O)Cc3ccccc3)CC2)cc1. The first kappa shape index (κ1) is 19.6. The van der Waals surface area contributed by atoms with E-state index in [0.29, 0.717) is 32.5 Å². The van der Waals surface area contributed by atoms with Gasteiger partial charge < -0.3 is 5.32 Å². The molecule has 1 heterocycles. The lowest BCUT2D eigenvalue weighted by molar-refractivity contribution is -0.126. The van der Waals surface area contributed by atoms with Crippen LogP contribution in [0.1, 0.15) is 29.5 Å². The van der Waals surface area contributed by atoms with E-state index in [-0.39, 0.29) is 17.6 Å². The lowest BCUT2D eigenvalue weighted by Gasteiger charge is -2.30. The molecule has 3 rings (SSSR count). The van der Waals surface area contributed by atoms with Gasteiger partial charge in [-0.15, -0.1) is 0 Å². The highest BCUT2D eigenvalue weighted by Gasteiger charge is 2.31. The van der Waals surface area contributed by atoms with Crippen LogP contribution in [0.15, 0.2) is 54.6 Å². The summed E-state index contributed by atoms with van der Waals surface area (Å²) in [5, 5.41) is 2.97. The summed E-state index contributed by atoms with van der Waals surface area (Å²) in [5.41, 5.74) is 3.04. The maximum absolute atomic E-state index is 12.6. The third kappa shape index (κ3) is 5.40. The number of nitrogens with zero attached hydrogens (tertiary/aromatic N) is 1. The van der Waals surface area contributed by atoms with Crippen LogP contribution < -0.4 is 5.32 Å². The summed E-state index contributed by atoms with van der Waals surface area (Å²) in [5.74, 6) is -0.104. The van der Waals surface area contributed by atoms with Crippen molar-refractivity contribution in [2.45, 2.75) is 32.1 Å². The minimum absolute atomic E-state index is 0.00989. The van der Waals surface area contributed by atoms with Crippen molar-refractivity contribution in [3.05, 3.63) is 71.3 Å². The molecule has 0 aromatic heterocycles. The molecular formula is C21H26N2O3S. The van der Waals surface area contributed by atoms with Crippen molar-refractivity contribution in [1.29, 1.82) is 0 Å². The summed E-state index contributed by atoms with van der Waals surface area (Å²) in [7, 11) is -3.34. The van der Waals surface area contributed by atoms with Crippen LogP contribution in [0.25, 0.3) is 0 Å². The molecule has 0 radical (unpaired) electrons. The average molecular weight is 387 g/mol. The second-order valence-corrected chi connectivity index (χ2v) is 9.09. The van der Waals surface area contributed by atoms with Gasteiger partial charge in [-0.3, -0.25) is 4.79 Å². The summed E-state index contributed by atoms with van der Waals surface area (Å²) in [6.07, 6.45) is 1.13. The number of nitrogens with one attached hydrogen (secondary N) is 1. The first-order valence-corrected chi connectivity index (χ1v) is 10.9. The van der Waals surface area contributed by atoms with Crippen LogP contribution in [0.3, 0.4) is 0 Å². The minimum atomic E-state index is -3.34. The van der Waals surface area contributed by atoms with Crippen LogP contribution in [-0.4, -0.2) is 31.7 Å². The fraction of sp³-hybridized carbons (Fsp3) is 0.381. The molecule has 1 aliphatic rings. The Bertz CT molecular complexity index is 856. The first-order valence-electron chi connectivity index (χ1n) is 9.29. The summed E-state index contributed by atoms with van der Waals surface area (Å²) in [4.78, 5) is 12.4. The molecule has 144 valence electrons. The third-order valence-corrected chi connectivity index (χ3v) is 6.85. The Morgan fingerprint density at radius 1 is 1.00 bits per heavy atom. The van der Waals surface area contributed by atoms with E-state index in [4.69, 9.17) is 0 Å². The monoisotopic (exact) mass is 386 g/mol. The maximum atomic E-state index is 12.6. The smallest absolute Gasteiger partial charge is 0.223 e. The molecule has 1 N–H and O–H groups in total. The van der Waals surface area contributed by atoms with Gasteiger partial charge in [0.15, 0.2) is 0 Å². The van der Waals surface area contributed by atoms with Crippen molar-refractivity contribution >= 4 is 15.9 Å². The molecule has 2 aromatic carbocycles. The number of carbonyl (C=O) groups excluding carboxylic acids is 1. The quantitative estimate of drug-likeness (QED) is 0.830. The van der Waals surface area contributed by atoms with Crippen molar-refractivity contribution in [3.63, 3.8) is 0 Å². The normalized spacial score (nSPS) is 16.2. The number of piperidine rings is 1. The average Bonchev–Trinajstić information content (AvgIpc) is 2.68. The Morgan fingerprint density at radius 3 is 2.26 bits per heavy atom. The van der Waals surface area contributed by atoms with E-state index in [1.807, 2.05) is 61.5 Å². The number of hydrogen-bond donors (Lipinski definition) is 1. The number of amides is 1. The maximum Gasteiger partial charge on any atom is 0.223 e. The van der Waals surface area contributed by atoms with Crippen molar-refractivity contribution in [1.82, 2.24) is 9.62 Å². The van der Waals surface area contributed by atoms with Crippen LogP contribution in [0.4, 0.5) is 0 Å².